The third-order valence-electron chi connectivity index (χ3n) is 5.26. The molecule has 0 radical (unpaired) electrons. The summed E-state index contributed by atoms with van der Waals surface area (Å²) in [4.78, 5) is 14.1. The third-order valence-corrected chi connectivity index (χ3v) is 7.40. The summed E-state index contributed by atoms with van der Waals surface area (Å²) in [7, 11) is -4.14. The van der Waals surface area contributed by atoms with Gasteiger partial charge >= 0.3 is 0 Å². The second kappa shape index (κ2) is 8.21. The van der Waals surface area contributed by atoms with E-state index in [1.54, 1.807) is 36.4 Å². The van der Waals surface area contributed by atoms with Crippen LogP contribution in [0.15, 0.2) is 94.4 Å². The lowest BCUT2D eigenvalue weighted by atomic mass is 10.1. The van der Waals surface area contributed by atoms with Crippen molar-refractivity contribution in [1.82, 2.24) is 4.90 Å². The molecule has 1 amide bonds. The second-order valence-corrected chi connectivity index (χ2v) is 9.76. The Morgan fingerprint density at radius 2 is 1.55 bits per heavy atom. The Kier molecular flexibility index (Phi) is 5.60. The zero-order chi connectivity index (χ0) is 22.2. The average Bonchev–Trinajstić information content (AvgIpc) is 3.01. The molecule has 3 aromatic rings. The van der Waals surface area contributed by atoms with Crippen LogP contribution in [0.5, 0.6) is 0 Å². The van der Waals surface area contributed by atoms with E-state index in [4.69, 9.17) is 11.6 Å². The van der Waals surface area contributed by atoms with Crippen molar-refractivity contribution < 1.29 is 18.3 Å². The van der Waals surface area contributed by atoms with Gasteiger partial charge in [-0.1, -0.05) is 71.8 Å². The molecule has 0 aromatic heterocycles. The molecule has 0 aliphatic carbocycles. The molecule has 0 saturated heterocycles. The Bertz CT molecular complexity index is 1250. The molecule has 0 spiro atoms. The highest BCUT2D eigenvalue weighted by atomic mass is 35.5. The van der Waals surface area contributed by atoms with Crippen LogP contribution in [-0.4, -0.2) is 24.3 Å². The Balaban J connectivity index is 1.86. The molecule has 1 heterocycles. The number of sulfone groups is 1. The fraction of sp³-hybridized carbons (Fsp3) is 0.125. The number of benzene rings is 3. The summed E-state index contributed by atoms with van der Waals surface area (Å²) in [5.41, 5.74) is 2.26. The summed E-state index contributed by atoms with van der Waals surface area (Å²) < 4.78 is 27.1. The molecule has 1 atom stereocenters. The zero-order valence-electron chi connectivity index (χ0n) is 16.7. The van der Waals surface area contributed by atoms with Gasteiger partial charge in [-0.25, -0.2) is 8.42 Å². The van der Waals surface area contributed by atoms with Crippen molar-refractivity contribution in [2.24, 2.45) is 0 Å². The van der Waals surface area contributed by atoms with E-state index >= 15 is 0 Å². The van der Waals surface area contributed by atoms with E-state index in [-0.39, 0.29) is 16.3 Å². The van der Waals surface area contributed by atoms with Crippen molar-refractivity contribution in [3.8, 4) is 0 Å². The first-order valence-corrected chi connectivity index (χ1v) is 11.5. The molecular weight excluding hydrogens is 434 g/mol. The molecule has 1 aliphatic rings. The molecule has 3 aromatic carbocycles. The van der Waals surface area contributed by atoms with Gasteiger partial charge in [0.25, 0.3) is 5.91 Å². The molecule has 7 heteroatoms. The van der Waals surface area contributed by atoms with Crippen LogP contribution in [0.3, 0.4) is 0 Å². The Hall–Kier alpha value is -3.09. The average molecular weight is 454 g/mol. The van der Waals surface area contributed by atoms with Gasteiger partial charge in [-0.15, -0.1) is 0 Å². The van der Waals surface area contributed by atoms with E-state index in [0.717, 1.165) is 11.1 Å². The summed E-state index contributed by atoms with van der Waals surface area (Å²) >= 11 is 6.02. The molecule has 4 rings (SSSR count). The summed E-state index contributed by atoms with van der Waals surface area (Å²) in [6.07, 6.45) is 0. The maximum Gasteiger partial charge on any atom is 0.290 e. The number of aliphatic hydroxyl groups is 1. The minimum absolute atomic E-state index is 0.0213. The van der Waals surface area contributed by atoms with Gasteiger partial charge < -0.3 is 10.0 Å². The maximum atomic E-state index is 13.5. The molecule has 1 N–H and O–H groups in total. The second-order valence-electron chi connectivity index (χ2n) is 7.40. The summed E-state index contributed by atoms with van der Waals surface area (Å²) in [5.74, 6) is -1.48. The molecule has 5 nitrogen and oxygen atoms in total. The molecule has 1 aliphatic heterocycles. The van der Waals surface area contributed by atoms with E-state index in [2.05, 4.69) is 0 Å². The van der Waals surface area contributed by atoms with Crippen molar-refractivity contribution in [2.75, 3.05) is 0 Å². The SMILES string of the molecule is Cc1ccc(S(=O)(=O)C2=C(O)C(=O)N(Cc3ccccc3)[C@@H]2c2ccc(Cl)cc2)cc1. The van der Waals surface area contributed by atoms with Crippen LogP contribution >= 0.6 is 11.6 Å². The number of hydrogen-bond acceptors (Lipinski definition) is 4. The van der Waals surface area contributed by atoms with Gasteiger partial charge in [0.2, 0.25) is 9.84 Å². The highest BCUT2D eigenvalue weighted by molar-refractivity contribution is 7.95. The van der Waals surface area contributed by atoms with Gasteiger partial charge in [0.05, 0.1) is 10.9 Å². The number of aryl methyl sites for hydroxylation is 1. The summed E-state index contributed by atoms with van der Waals surface area (Å²) in [6.45, 7) is 1.99. The normalized spacial score (nSPS) is 16.8. The number of amides is 1. The quantitative estimate of drug-likeness (QED) is 0.591. The molecule has 0 saturated carbocycles. The van der Waals surface area contributed by atoms with Crippen LogP contribution in [0.25, 0.3) is 0 Å². The monoisotopic (exact) mass is 453 g/mol. The smallest absolute Gasteiger partial charge is 0.290 e. The van der Waals surface area contributed by atoms with Crippen LogP contribution < -0.4 is 0 Å². The van der Waals surface area contributed by atoms with Crippen LogP contribution in [-0.2, 0) is 21.2 Å². The number of nitrogens with zero attached hydrogens (tertiary/aromatic N) is 1. The summed E-state index contributed by atoms with van der Waals surface area (Å²) in [6, 6.07) is 21.2. The van der Waals surface area contributed by atoms with Crippen LogP contribution in [0.1, 0.15) is 22.7 Å². The standard InChI is InChI=1S/C24H20ClNO4S/c1-16-7-13-20(14-8-16)31(29,30)23-21(18-9-11-19(25)12-10-18)26(24(28)22(23)27)15-17-5-3-2-4-6-17/h2-14,21,27H,15H2,1H3/t21-/m1/s1. The van der Waals surface area contributed by atoms with Gasteiger partial charge in [0, 0.05) is 11.6 Å². The van der Waals surface area contributed by atoms with E-state index in [1.165, 1.54) is 17.0 Å². The van der Waals surface area contributed by atoms with Gasteiger partial charge in [-0.3, -0.25) is 4.79 Å². The minimum Gasteiger partial charge on any atom is -0.502 e. The van der Waals surface area contributed by atoms with E-state index in [9.17, 15) is 18.3 Å². The lowest BCUT2D eigenvalue weighted by Gasteiger charge is -2.27. The zero-order valence-corrected chi connectivity index (χ0v) is 18.3. The van der Waals surface area contributed by atoms with Crippen LogP contribution in [0, 0.1) is 6.92 Å². The number of carbonyl (C=O) groups excluding carboxylic acids is 1. The Morgan fingerprint density at radius 1 is 0.935 bits per heavy atom. The summed E-state index contributed by atoms with van der Waals surface area (Å²) in [5, 5.41) is 11.2. The van der Waals surface area contributed by atoms with Crippen molar-refractivity contribution in [3.05, 3.63) is 111 Å². The number of hydrogen-bond donors (Lipinski definition) is 1. The Morgan fingerprint density at radius 3 is 2.16 bits per heavy atom. The van der Waals surface area contributed by atoms with Gasteiger partial charge in [-0.05, 0) is 42.3 Å². The first-order valence-electron chi connectivity index (χ1n) is 9.64. The molecule has 0 bridgehead atoms. The van der Waals surface area contributed by atoms with Gasteiger partial charge in [0.1, 0.15) is 4.91 Å². The topological polar surface area (TPSA) is 74.7 Å². The third kappa shape index (κ3) is 3.96. The number of rotatable bonds is 5. The molecular formula is C24H20ClNO4S. The predicted molar refractivity (Wildman–Crippen MR) is 119 cm³/mol. The van der Waals surface area contributed by atoms with E-state index in [0.29, 0.717) is 10.6 Å². The Labute approximate surface area is 186 Å². The lowest BCUT2D eigenvalue weighted by molar-refractivity contribution is -0.130. The largest absolute Gasteiger partial charge is 0.502 e. The molecule has 31 heavy (non-hydrogen) atoms. The fourth-order valence-electron chi connectivity index (χ4n) is 3.67. The van der Waals surface area contributed by atoms with Gasteiger partial charge in [0.15, 0.2) is 5.76 Å². The van der Waals surface area contributed by atoms with Crippen molar-refractivity contribution in [1.29, 1.82) is 0 Å². The minimum atomic E-state index is -4.14. The van der Waals surface area contributed by atoms with E-state index in [1.807, 2.05) is 37.3 Å². The van der Waals surface area contributed by atoms with Crippen molar-refractivity contribution in [3.63, 3.8) is 0 Å². The van der Waals surface area contributed by atoms with Crippen LogP contribution in [0.2, 0.25) is 5.02 Å². The first-order chi connectivity index (χ1) is 14.8. The van der Waals surface area contributed by atoms with Crippen molar-refractivity contribution >= 4 is 27.3 Å². The predicted octanol–water partition coefficient (Wildman–Crippen LogP) is 4.98. The maximum absolute atomic E-state index is 13.5. The fourth-order valence-corrected chi connectivity index (χ4v) is 5.44. The van der Waals surface area contributed by atoms with E-state index < -0.39 is 27.5 Å². The first kappa shape index (κ1) is 21.2. The highest BCUT2D eigenvalue weighted by Gasteiger charge is 2.46. The number of aliphatic hydroxyl groups excluding tert-OH is 1. The van der Waals surface area contributed by atoms with Crippen molar-refractivity contribution in [2.45, 2.75) is 24.4 Å². The lowest BCUT2D eigenvalue weighted by Crippen LogP contribution is -2.30. The molecule has 0 fully saturated rings. The number of halogens is 1. The molecule has 0 unspecified atom stereocenters. The van der Waals surface area contributed by atoms with Crippen LogP contribution in [0.4, 0.5) is 0 Å². The van der Waals surface area contributed by atoms with Gasteiger partial charge in [-0.2, -0.15) is 0 Å². The molecule has 158 valence electrons. The number of carbonyl (C=O) groups is 1. The highest BCUT2D eigenvalue weighted by Crippen LogP contribution is 2.43.